The summed E-state index contributed by atoms with van der Waals surface area (Å²) < 4.78 is 6.00. The molecule has 0 unspecified atom stereocenters. The first-order valence-corrected chi connectivity index (χ1v) is 11.7. The predicted molar refractivity (Wildman–Crippen MR) is 123 cm³/mol. The van der Waals surface area contributed by atoms with Gasteiger partial charge in [-0.05, 0) is 65.1 Å². The lowest BCUT2D eigenvalue weighted by atomic mass is 9.82. The molecule has 1 atom stereocenters. The maximum absolute atomic E-state index is 6.00. The Morgan fingerprint density at radius 1 is 1.20 bits per heavy atom. The highest BCUT2D eigenvalue weighted by molar-refractivity contribution is 7.11. The van der Waals surface area contributed by atoms with E-state index in [9.17, 15) is 0 Å². The third kappa shape index (κ3) is 4.27. The summed E-state index contributed by atoms with van der Waals surface area (Å²) in [6, 6.07) is 4.34. The van der Waals surface area contributed by atoms with Crippen LogP contribution in [0, 0.1) is 12.3 Å². The summed E-state index contributed by atoms with van der Waals surface area (Å²) in [6.45, 7) is 12.5. The lowest BCUT2D eigenvalue weighted by Gasteiger charge is -2.38. The molecule has 3 aromatic rings. The van der Waals surface area contributed by atoms with Gasteiger partial charge in [-0.1, -0.05) is 6.07 Å². The monoisotopic (exact) mass is 424 g/mol. The normalized spacial score (nSPS) is 20.3. The van der Waals surface area contributed by atoms with Gasteiger partial charge >= 0.3 is 0 Å². The van der Waals surface area contributed by atoms with E-state index in [1.807, 2.05) is 13.1 Å². The topological polar surface area (TPSA) is 51.1 Å². The summed E-state index contributed by atoms with van der Waals surface area (Å²) in [4.78, 5) is 17.5. The first kappa shape index (κ1) is 21.3. The number of rotatable bonds is 8. The van der Waals surface area contributed by atoms with Crippen LogP contribution in [0.25, 0.3) is 11.0 Å². The van der Waals surface area contributed by atoms with E-state index in [2.05, 4.69) is 58.1 Å². The standard InChI is InChI=1S/C24H32N4OS/c1-5-29-17-24(9-8-21-22-20(15-30-21)25-11-12-26-22)10-13-28(16-24)23(3,4)19-7-6-18(2)27-14-19/h6-7,11-12,14-15H,5,8-10,13,16-17H2,1-4H3/t24-/m1/s1. The van der Waals surface area contributed by atoms with Gasteiger partial charge in [0.2, 0.25) is 0 Å². The van der Waals surface area contributed by atoms with Crippen molar-refractivity contribution < 1.29 is 4.74 Å². The fourth-order valence-corrected chi connectivity index (χ4v) is 5.44. The molecule has 0 aliphatic carbocycles. The SMILES string of the molecule is CCOC[C@]1(CCc2scc3nccnc23)CCN(C(C)(C)c2ccc(C)nc2)C1. The van der Waals surface area contributed by atoms with Crippen molar-refractivity contribution in [2.45, 2.75) is 52.5 Å². The van der Waals surface area contributed by atoms with Gasteiger partial charge in [0.15, 0.2) is 0 Å². The Balaban J connectivity index is 1.51. The van der Waals surface area contributed by atoms with Crippen LogP contribution in [-0.2, 0) is 16.7 Å². The quantitative estimate of drug-likeness (QED) is 0.510. The number of hydrogen-bond acceptors (Lipinski definition) is 6. The maximum Gasteiger partial charge on any atom is 0.103 e. The fraction of sp³-hybridized carbons (Fsp3) is 0.542. The third-order valence-corrected chi connectivity index (χ3v) is 7.67. The Kier molecular flexibility index (Phi) is 6.19. The van der Waals surface area contributed by atoms with Crippen LogP contribution in [-0.4, -0.2) is 46.2 Å². The van der Waals surface area contributed by atoms with Crippen LogP contribution in [0.5, 0.6) is 0 Å². The molecule has 4 rings (SSSR count). The molecule has 30 heavy (non-hydrogen) atoms. The van der Waals surface area contributed by atoms with E-state index in [-0.39, 0.29) is 11.0 Å². The minimum Gasteiger partial charge on any atom is -0.381 e. The molecule has 0 aromatic carbocycles. The van der Waals surface area contributed by atoms with Gasteiger partial charge < -0.3 is 4.74 Å². The molecule has 0 spiro atoms. The van der Waals surface area contributed by atoms with Gasteiger partial charge in [-0.2, -0.15) is 0 Å². The molecule has 1 aliphatic heterocycles. The zero-order valence-electron chi connectivity index (χ0n) is 18.5. The van der Waals surface area contributed by atoms with Crippen molar-refractivity contribution in [2.75, 3.05) is 26.3 Å². The minimum atomic E-state index is -0.0459. The summed E-state index contributed by atoms with van der Waals surface area (Å²) in [6.07, 6.45) is 8.90. The molecular weight excluding hydrogens is 392 g/mol. The van der Waals surface area contributed by atoms with Gasteiger partial charge in [0, 0.05) is 58.6 Å². The van der Waals surface area contributed by atoms with Crippen LogP contribution in [0.3, 0.4) is 0 Å². The molecule has 0 amide bonds. The fourth-order valence-electron chi connectivity index (χ4n) is 4.53. The van der Waals surface area contributed by atoms with E-state index >= 15 is 0 Å². The number of thiophene rings is 1. The van der Waals surface area contributed by atoms with Crippen LogP contribution < -0.4 is 0 Å². The average molecular weight is 425 g/mol. The summed E-state index contributed by atoms with van der Waals surface area (Å²) in [7, 11) is 0. The van der Waals surface area contributed by atoms with E-state index < -0.39 is 0 Å². The molecule has 160 valence electrons. The average Bonchev–Trinajstić information content (AvgIpc) is 3.37. The zero-order valence-corrected chi connectivity index (χ0v) is 19.3. The number of nitrogens with zero attached hydrogens (tertiary/aromatic N) is 4. The van der Waals surface area contributed by atoms with Crippen molar-refractivity contribution in [3.8, 4) is 0 Å². The Bertz CT molecular complexity index is 984. The molecule has 1 fully saturated rings. The van der Waals surface area contributed by atoms with Crippen LogP contribution in [0.2, 0.25) is 0 Å². The second-order valence-electron chi connectivity index (χ2n) is 9.01. The van der Waals surface area contributed by atoms with Crippen LogP contribution in [0.4, 0.5) is 0 Å². The van der Waals surface area contributed by atoms with Gasteiger partial charge in [-0.15, -0.1) is 11.3 Å². The van der Waals surface area contributed by atoms with Crippen molar-refractivity contribution in [1.29, 1.82) is 0 Å². The zero-order chi connectivity index (χ0) is 21.2. The van der Waals surface area contributed by atoms with Gasteiger partial charge in [-0.25, -0.2) is 0 Å². The van der Waals surface area contributed by atoms with Crippen molar-refractivity contribution in [2.24, 2.45) is 5.41 Å². The highest BCUT2D eigenvalue weighted by Crippen LogP contribution is 2.42. The summed E-state index contributed by atoms with van der Waals surface area (Å²) in [5, 5.41) is 2.13. The smallest absolute Gasteiger partial charge is 0.103 e. The van der Waals surface area contributed by atoms with E-state index in [0.29, 0.717) is 0 Å². The number of aryl methyl sites for hydroxylation is 2. The van der Waals surface area contributed by atoms with Crippen molar-refractivity contribution in [3.63, 3.8) is 0 Å². The number of ether oxygens (including phenoxy) is 1. The highest BCUT2D eigenvalue weighted by atomic mass is 32.1. The first-order valence-electron chi connectivity index (χ1n) is 10.9. The summed E-state index contributed by atoms with van der Waals surface area (Å²) >= 11 is 1.79. The van der Waals surface area contributed by atoms with Gasteiger partial charge in [0.25, 0.3) is 0 Å². The Morgan fingerprint density at radius 2 is 2.03 bits per heavy atom. The van der Waals surface area contributed by atoms with Crippen molar-refractivity contribution >= 4 is 22.4 Å². The Morgan fingerprint density at radius 3 is 2.80 bits per heavy atom. The number of likely N-dealkylation sites (tertiary alicyclic amines) is 1. The summed E-state index contributed by atoms with van der Waals surface area (Å²) in [5.41, 5.74) is 4.54. The van der Waals surface area contributed by atoms with Gasteiger partial charge in [0.05, 0.1) is 12.1 Å². The lowest BCUT2D eigenvalue weighted by Crippen LogP contribution is -2.42. The molecular formula is C24H32N4OS. The first-order chi connectivity index (χ1) is 14.4. The van der Waals surface area contributed by atoms with Crippen LogP contribution in [0.1, 0.15) is 49.7 Å². The van der Waals surface area contributed by atoms with E-state index in [4.69, 9.17) is 4.74 Å². The van der Waals surface area contributed by atoms with E-state index in [1.165, 1.54) is 10.4 Å². The van der Waals surface area contributed by atoms with Crippen molar-refractivity contribution in [1.82, 2.24) is 19.9 Å². The number of fused-ring (bicyclic) bond motifs is 1. The molecule has 0 radical (unpaired) electrons. The minimum absolute atomic E-state index is 0.0459. The molecule has 5 nitrogen and oxygen atoms in total. The number of hydrogen-bond donors (Lipinski definition) is 0. The van der Waals surface area contributed by atoms with Crippen molar-refractivity contribution in [3.05, 3.63) is 52.2 Å². The molecule has 6 heteroatoms. The Labute approximate surface area is 183 Å². The van der Waals surface area contributed by atoms with Gasteiger partial charge in [-0.3, -0.25) is 19.9 Å². The second-order valence-corrected chi connectivity index (χ2v) is 9.97. The predicted octanol–water partition coefficient (Wildman–Crippen LogP) is 4.99. The largest absolute Gasteiger partial charge is 0.381 e. The van der Waals surface area contributed by atoms with E-state index in [1.54, 1.807) is 23.7 Å². The lowest BCUT2D eigenvalue weighted by molar-refractivity contribution is 0.0386. The maximum atomic E-state index is 6.00. The molecule has 0 saturated carbocycles. The number of pyridine rings is 1. The van der Waals surface area contributed by atoms with Crippen LogP contribution >= 0.6 is 11.3 Å². The third-order valence-electron chi connectivity index (χ3n) is 6.64. The molecule has 1 aliphatic rings. The molecule has 1 saturated heterocycles. The second kappa shape index (κ2) is 8.69. The highest BCUT2D eigenvalue weighted by Gasteiger charge is 2.43. The van der Waals surface area contributed by atoms with Crippen LogP contribution in [0.15, 0.2) is 36.1 Å². The molecule has 4 heterocycles. The Hall–Kier alpha value is -1.89. The summed E-state index contributed by atoms with van der Waals surface area (Å²) in [5.74, 6) is 0. The molecule has 0 bridgehead atoms. The van der Waals surface area contributed by atoms with E-state index in [0.717, 1.165) is 62.3 Å². The van der Waals surface area contributed by atoms with Gasteiger partial charge in [0.1, 0.15) is 5.52 Å². The molecule has 0 N–H and O–H groups in total. The number of aromatic nitrogens is 3. The molecule has 3 aromatic heterocycles.